The van der Waals surface area contributed by atoms with E-state index in [1.807, 2.05) is 24.3 Å². The zero-order chi connectivity index (χ0) is 21.3. The molecule has 1 aromatic carbocycles. The molecule has 2 heterocycles. The van der Waals surface area contributed by atoms with Crippen LogP contribution in [0.1, 0.15) is 50.3 Å². The van der Waals surface area contributed by atoms with Crippen LogP contribution in [0.4, 0.5) is 0 Å². The van der Waals surface area contributed by atoms with Crippen molar-refractivity contribution >= 4 is 11.8 Å². The molecule has 7 nitrogen and oxygen atoms in total. The quantitative estimate of drug-likeness (QED) is 0.751. The van der Waals surface area contributed by atoms with Crippen LogP contribution >= 0.6 is 0 Å². The molecule has 7 heteroatoms. The van der Waals surface area contributed by atoms with Crippen molar-refractivity contribution in [1.29, 1.82) is 0 Å². The number of ketones is 1. The summed E-state index contributed by atoms with van der Waals surface area (Å²) in [5.41, 5.74) is 9.10. The number of nitrogens with two attached hydrogens (primary N) is 1. The standard InChI is InChI=1S/C23H24N2O5/c1-3-13-8-10-14(11-9-13)18-12-15(25-30-18)19-20-16(26)6-5-7-17(20)29-22(24)21(19)23(27)28-4-2/h8-12,19H,3-7,24H2,1-2H3. The molecule has 0 fully saturated rings. The van der Waals surface area contributed by atoms with E-state index in [0.717, 1.165) is 12.0 Å². The summed E-state index contributed by atoms with van der Waals surface area (Å²) in [6.07, 6.45) is 2.59. The maximum Gasteiger partial charge on any atom is 0.340 e. The fourth-order valence-corrected chi connectivity index (χ4v) is 3.93. The van der Waals surface area contributed by atoms with Crippen LogP contribution in [0, 0.1) is 0 Å². The Labute approximate surface area is 174 Å². The third-order valence-corrected chi connectivity index (χ3v) is 5.45. The van der Waals surface area contributed by atoms with E-state index < -0.39 is 11.9 Å². The Balaban J connectivity index is 1.78. The molecular formula is C23H24N2O5. The second-order valence-electron chi connectivity index (χ2n) is 7.31. The van der Waals surface area contributed by atoms with E-state index in [9.17, 15) is 9.59 Å². The number of benzene rings is 1. The fraction of sp³-hybridized carbons (Fsp3) is 0.348. The van der Waals surface area contributed by atoms with Crippen molar-refractivity contribution in [3.8, 4) is 11.3 Å². The van der Waals surface area contributed by atoms with Crippen LogP contribution in [0.5, 0.6) is 0 Å². The fourth-order valence-electron chi connectivity index (χ4n) is 3.93. The van der Waals surface area contributed by atoms with Gasteiger partial charge >= 0.3 is 5.97 Å². The van der Waals surface area contributed by atoms with Crippen molar-refractivity contribution in [3.63, 3.8) is 0 Å². The number of carbonyl (C=O) groups is 2. The van der Waals surface area contributed by atoms with Gasteiger partial charge in [0, 0.05) is 30.0 Å². The van der Waals surface area contributed by atoms with E-state index in [2.05, 4.69) is 12.1 Å². The number of Topliss-reactive ketones (excluding diaryl/α,β-unsaturated/α-hetero) is 1. The molecule has 1 unspecified atom stereocenters. The molecular weight excluding hydrogens is 384 g/mol. The first-order valence-electron chi connectivity index (χ1n) is 10.2. The van der Waals surface area contributed by atoms with E-state index >= 15 is 0 Å². The highest BCUT2D eigenvalue weighted by molar-refractivity contribution is 6.03. The molecule has 0 radical (unpaired) electrons. The molecule has 2 N–H and O–H groups in total. The average Bonchev–Trinajstić information content (AvgIpc) is 3.23. The number of aromatic nitrogens is 1. The minimum absolute atomic E-state index is 0.0521. The Kier molecular flexibility index (Phi) is 5.44. The van der Waals surface area contributed by atoms with Gasteiger partial charge in [0.05, 0.1) is 18.2 Å². The van der Waals surface area contributed by atoms with Gasteiger partial charge in [-0.2, -0.15) is 0 Å². The predicted octanol–water partition coefficient (Wildman–Crippen LogP) is 3.76. The molecule has 0 saturated heterocycles. The summed E-state index contributed by atoms with van der Waals surface area (Å²) in [7, 11) is 0. The van der Waals surface area contributed by atoms with Crippen molar-refractivity contribution in [2.24, 2.45) is 5.73 Å². The summed E-state index contributed by atoms with van der Waals surface area (Å²) in [4.78, 5) is 25.5. The van der Waals surface area contributed by atoms with Crippen LogP contribution in [-0.2, 0) is 25.5 Å². The lowest BCUT2D eigenvalue weighted by molar-refractivity contribution is -0.139. The first-order valence-corrected chi connectivity index (χ1v) is 10.2. The summed E-state index contributed by atoms with van der Waals surface area (Å²) in [5.74, 6) is -0.476. The first-order chi connectivity index (χ1) is 14.5. The summed E-state index contributed by atoms with van der Waals surface area (Å²) in [5, 5.41) is 4.20. The number of esters is 1. The Morgan fingerprint density at radius 3 is 2.70 bits per heavy atom. The van der Waals surface area contributed by atoms with Gasteiger partial charge in [0.15, 0.2) is 11.5 Å². The van der Waals surface area contributed by atoms with E-state index in [-0.39, 0.29) is 23.8 Å². The molecule has 0 spiro atoms. The zero-order valence-electron chi connectivity index (χ0n) is 17.1. The van der Waals surface area contributed by atoms with E-state index in [0.29, 0.717) is 42.0 Å². The summed E-state index contributed by atoms with van der Waals surface area (Å²) in [6.45, 7) is 3.97. The Bertz CT molecular complexity index is 1050. The van der Waals surface area contributed by atoms with Gasteiger partial charge in [0.2, 0.25) is 5.88 Å². The van der Waals surface area contributed by atoms with Crippen LogP contribution in [0.15, 0.2) is 57.6 Å². The molecule has 0 amide bonds. The highest BCUT2D eigenvalue weighted by Gasteiger charge is 2.42. The number of ether oxygens (including phenoxy) is 2. The van der Waals surface area contributed by atoms with Crippen LogP contribution in [-0.4, -0.2) is 23.5 Å². The number of nitrogens with zero attached hydrogens (tertiary/aromatic N) is 1. The van der Waals surface area contributed by atoms with Gasteiger partial charge in [-0.1, -0.05) is 36.3 Å². The molecule has 0 bridgehead atoms. The Hall–Kier alpha value is -3.35. The van der Waals surface area contributed by atoms with Gasteiger partial charge in [-0.05, 0) is 25.3 Å². The summed E-state index contributed by atoms with van der Waals surface area (Å²) in [6, 6.07) is 9.72. The number of hydrogen-bond acceptors (Lipinski definition) is 7. The van der Waals surface area contributed by atoms with Crippen molar-refractivity contribution in [1.82, 2.24) is 5.16 Å². The van der Waals surface area contributed by atoms with Crippen molar-refractivity contribution in [3.05, 3.63) is 64.4 Å². The number of allylic oxidation sites excluding steroid dienone is 2. The SMILES string of the molecule is CCOC(=O)C1=C(N)OC2=C(C(=O)CCC2)C1c1cc(-c2ccc(CC)cc2)on1. The van der Waals surface area contributed by atoms with Gasteiger partial charge in [-0.3, -0.25) is 4.79 Å². The van der Waals surface area contributed by atoms with Crippen LogP contribution in [0.25, 0.3) is 11.3 Å². The Morgan fingerprint density at radius 2 is 2.00 bits per heavy atom. The van der Waals surface area contributed by atoms with Crippen LogP contribution in [0.3, 0.4) is 0 Å². The molecule has 30 heavy (non-hydrogen) atoms. The highest BCUT2D eigenvalue weighted by atomic mass is 16.5. The third-order valence-electron chi connectivity index (χ3n) is 5.45. The van der Waals surface area contributed by atoms with Gasteiger partial charge < -0.3 is 19.7 Å². The molecule has 2 aliphatic rings. The molecule has 2 aromatic rings. The third kappa shape index (κ3) is 3.51. The highest BCUT2D eigenvalue weighted by Crippen LogP contribution is 2.44. The maximum atomic E-state index is 12.8. The van der Waals surface area contributed by atoms with Crippen molar-refractivity contribution in [2.45, 2.75) is 45.4 Å². The zero-order valence-corrected chi connectivity index (χ0v) is 17.1. The van der Waals surface area contributed by atoms with E-state index in [4.69, 9.17) is 19.7 Å². The molecule has 0 saturated carbocycles. The second kappa shape index (κ2) is 8.18. The molecule has 1 aliphatic carbocycles. The number of hydrogen-bond donors (Lipinski definition) is 1. The number of carbonyl (C=O) groups excluding carboxylic acids is 2. The first kappa shape index (κ1) is 19.9. The lowest BCUT2D eigenvalue weighted by atomic mass is 9.79. The molecule has 4 rings (SSSR count). The average molecular weight is 408 g/mol. The lowest BCUT2D eigenvalue weighted by Gasteiger charge is -2.31. The van der Waals surface area contributed by atoms with Gasteiger partial charge in [0.1, 0.15) is 11.3 Å². The smallest absolute Gasteiger partial charge is 0.340 e. The van der Waals surface area contributed by atoms with E-state index in [1.165, 1.54) is 5.56 Å². The van der Waals surface area contributed by atoms with E-state index in [1.54, 1.807) is 13.0 Å². The van der Waals surface area contributed by atoms with Crippen LogP contribution < -0.4 is 5.73 Å². The lowest BCUT2D eigenvalue weighted by Crippen LogP contribution is -2.31. The maximum absolute atomic E-state index is 12.8. The van der Waals surface area contributed by atoms with Crippen LogP contribution in [0.2, 0.25) is 0 Å². The van der Waals surface area contributed by atoms with Gasteiger partial charge in [-0.25, -0.2) is 4.79 Å². The monoisotopic (exact) mass is 408 g/mol. The summed E-state index contributed by atoms with van der Waals surface area (Å²) < 4.78 is 16.4. The normalized spacial score (nSPS) is 18.9. The minimum Gasteiger partial charge on any atom is -0.462 e. The van der Waals surface area contributed by atoms with Crippen molar-refractivity contribution < 1.29 is 23.6 Å². The Morgan fingerprint density at radius 1 is 1.23 bits per heavy atom. The van der Waals surface area contributed by atoms with Crippen molar-refractivity contribution in [2.75, 3.05) is 6.61 Å². The second-order valence-corrected chi connectivity index (χ2v) is 7.31. The van der Waals surface area contributed by atoms with Gasteiger partial charge in [0.25, 0.3) is 0 Å². The molecule has 1 aromatic heterocycles. The topological polar surface area (TPSA) is 105 Å². The minimum atomic E-state index is -0.770. The molecule has 156 valence electrons. The largest absolute Gasteiger partial charge is 0.462 e. The predicted molar refractivity (Wildman–Crippen MR) is 109 cm³/mol. The van der Waals surface area contributed by atoms with Gasteiger partial charge in [-0.15, -0.1) is 0 Å². The number of rotatable bonds is 5. The number of aryl methyl sites for hydroxylation is 1. The molecule has 1 aliphatic heterocycles. The molecule has 1 atom stereocenters. The summed E-state index contributed by atoms with van der Waals surface area (Å²) >= 11 is 0.